The highest BCUT2D eigenvalue weighted by Crippen LogP contribution is 2.56. The zero-order valence-corrected chi connectivity index (χ0v) is 31.0. The molecule has 0 aliphatic heterocycles. The smallest absolute Gasteiger partial charge is 0.112 e. The van der Waals surface area contributed by atoms with Crippen molar-refractivity contribution in [3.63, 3.8) is 0 Å². The first-order valence-electron chi connectivity index (χ1n) is 17.5. The molecule has 6 aromatic rings. The van der Waals surface area contributed by atoms with Crippen molar-refractivity contribution < 1.29 is 15.0 Å². The lowest BCUT2D eigenvalue weighted by Gasteiger charge is -2.27. The van der Waals surface area contributed by atoms with Crippen molar-refractivity contribution >= 4 is 52.5 Å². The molecule has 6 aromatic carbocycles. The van der Waals surface area contributed by atoms with Gasteiger partial charge in [0.2, 0.25) is 0 Å². The molecule has 0 aliphatic carbocycles. The molecule has 0 saturated carbocycles. The fraction of sp³-hybridized carbons (Fsp3) is 0.178. The van der Waals surface area contributed by atoms with Crippen LogP contribution in [0.1, 0.15) is 39.5 Å². The number of carbonyl (C=O) groups excluding carboxylic acids is 1. The summed E-state index contributed by atoms with van der Waals surface area (Å²) in [5, 5.41) is 25.6. The average molecular weight is 699 g/mol. The van der Waals surface area contributed by atoms with Crippen molar-refractivity contribution in [2.75, 3.05) is 12.3 Å². The van der Waals surface area contributed by atoms with Crippen molar-refractivity contribution in [3.8, 4) is 0 Å². The van der Waals surface area contributed by atoms with Gasteiger partial charge in [-0.25, -0.2) is 0 Å². The van der Waals surface area contributed by atoms with Crippen molar-refractivity contribution in [2.24, 2.45) is 0 Å². The molecular weight excluding hydrogens is 650 g/mol. The highest BCUT2D eigenvalue weighted by molar-refractivity contribution is 7.96. The second-order valence-electron chi connectivity index (χ2n) is 12.0. The van der Waals surface area contributed by atoms with E-state index in [1.807, 2.05) is 0 Å². The summed E-state index contributed by atoms with van der Waals surface area (Å²) in [6.45, 7) is 4.57. The molecule has 0 amide bonds. The van der Waals surface area contributed by atoms with Gasteiger partial charge in [0.05, 0.1) is 12.3 Å². The first-order chi connectivity index (χ1) is 24.5. The Bertz CT molecular complexity index is 1460. The van der Waals surface area contributed by atoms with Gasteiger partial charge in [-0.15, -0.1) is 0 Å². The van der Waals surface area contributed by atoms with Gasteiger partial charge in [0.15, 0.2) is 0 Å². The fourth-order valence-corrected chi connectivity index (χ4v) is 15.6. The average Bonchev–Trinajstić information content (AvgIpc) is 3.18. The van der Waals surface area contributed by atoms with Crippen molar-refractivity contribution in [1.82, 2.24) is 0 Å². The Hall–Kier alpha value is -4.55. The molecule has 50 heavy (non-hydrogen) atoms. The van der Waals surface area contributed by atoms with Crippen LogP contribution in [0, 0.1) is 0 Å². The molecule has 6 rings (SSSR count). The van der Waals surface area contributed by atoms with Crippen LogP contribution in [0.2, 0.25) is 0 Å². The van der Waals surface area contributed by atoms with E-state index >= 15 is 0 Å². The molecule has 0 aromatic heterocycles. The molecule has 0 radical (unpaired) electrons. The highest BCUT2D eigenvalue weighted by atomic mass is 31.2. The van der Waals surface area contributed by atoms with Crippen LogP contribution >= 0.6 is 14.5 Å². The van der Waals surface area contributed by atoms with Gasteiger partial charge < -0.3 is 15.0 Å². The molecule has 0 saturated heterocycles. The topological polar surface area (TPSA) is 63.2 Å². The van der Waals surface area contributed by atoms with Crippen LogP contribution in [0.15, 0.2) is 182 Å². The monoisotopic (exact) mass is 698 g/mol. The van der Waals surface area contributed by atoms with E-state index in [9.17, 15) is 0 Å². The van der Waals surface area contributed by atoms with Crippen molar-refractivity contribution in [3.05, 3.63) is 182 Å². The van der Waals surface area contributed by atoms with E-state index in [1.165, 1.54) is 69.8 Å². The minimum absolute atomic E-state index is 1.23. The second kappa shape index (κ2) is 20.2. The van der Waals surface area contributed by atoms with Gasteiger partial charge in [-0.05, 0) is 91.8 Å². The van der Waals surface area contributed by atoms with Gasteiger partial charge in [-0.1, -0.05) is 136 Å². The number of hydrogen-bond acceptors (Lipinski definition) is 3. The molecule has 256 valence electrons. The summed E-state index contributed by atoms with van der Waals surface area (Å²) in [4.78, 5) is 8.33. The van der Waals surface area contributed by atoms with E-state index in [0.717, 1.165) is 0 Å². The van der Waals surface area contributed by atoms with E-state index in [2.05, 4.69) is 196 Å². The SMILES string of the molecule is CCCC[P+](c1ccccc1)(c1ccccc1)c1ccccc1.CCCC[P+](c1ccccc1)(c1ccccc1)c1ccccc1.O=C([O-])[O-]. The van der Waals surface area contributed by atoms with Gasteiger partial charge in [0, 0.05) is 0 Å². The summed E-state index contributed by atoms with van der Waals surface area (Å²) in [6, 6.07) is 66.8. The quantitative estimate of drug-likeness (QED) is 0.128. The predicted octanol–water partition coefficient (Wildman–Crippen LogP) is 7.11. The third-order valence-corrected chi connectivity index (χ3v) is 17.9. The van der Waals surface area contributed by atoms with Crippen molar-refractivity contribution in [1.29, 1.82) is 0 Å². The Morgan fingerprint density at radius 1 is 0.380 bits per heavy atom. The number of carbonyl (C=O) groups is 1. The van der Waals surface area contributed by atoms with Gasteiger partial charge in [0.1, 0.15) is 46.4 Å². The molecule has 3 nitrogen and oxygen atoms in total. The second-order valence-corrected chi connectivity index (χ2v) is 19.3. The Kier molecular flexibility index (Phi) is 15.5. The number of rotatable bonds is 12. The van der Waals surface area contributed by atoms with Crippen molar-refractivity contribution in [2.45, 2.75) is 39.5 Å². The Morgan fingerprint density at radius 2 is 0.540 bits per heavy atom. The van der Waals surface area contributed by atoms with Crippen LogP contribution in [-0.2, 0) is 0 Å². The maximum Gasteiger partial charge on any atom is 0.112 e. The van der Waals surface area contributed by atoms with Gasteiger partial charge >= 0.3 is 0 Å². The Balaban J connectivity index is 0.000000203. The molecule has 0 bridgehead atoms. The summed E-state index contributed by atoms with van der Waals surface area (Å²) < 4.78 is 0. The lowest BCUT2D eigenvalue weighted by Crippen LogP contribution is -2.37. The van der Waals surface area contributed by atoms with Crippen LogP contribution in [0.5, 0.6) is 0 Å². The van der Waals surface area contributed by atoms with Crippen LogP contribution in [-0.4, -0.2) is 18.5 Å². The maximum atomic E-state index is 8.33. The van der Waals surface area contributed by atoms with E-state index < -0.39 is 20.7 Å². The summed E-state index contributed by atoms with van der Waals surface area (Å²) in [5.41, 5.74) is 0. The minimum atomic E-state index is -2.33. The summed E-state index contributed by atoms with van der Waals surface area (Å²) in [6.07, 6.45) is 5.12. The summed E-state index contributed by atoms with van der Waals surface area (Å²) >= 11 is 0. The molecular formula is C45H48O3P2. The summed E-state index contributed by atoms with van der Waals surface area (Å²) in [7, 11) is -3.14. The molecule has 5 heteroatoms. The molecule has 0 N–H and O–H groups in total. The number of benzene rings is 6. The van der Waals surface area contributed by atoms with E-state index in [0.29, 0.717) is 0 Å². The van der Waals surface area contributed by atoms with E-state index in [4.69, 9.17) is 15.0 Å². The van der Waals surface area contributed by atoms with Crippen LogP contribution < -0.4 is 42.0 Å². The van der Waals surface area contributed by atoms with Gasteiger partial charge in [0.25, 0.3) is 0 Å². The largest absolute Gasteiger partial charge is 0.652 e. The normalized spacial score (nSPS) is 10.9. The lowest BCUT2D eigenvalue weighted by molar-refractivity contribution is -0.415. The van der Waals surface area contributed by atoms with Gasteiger partial charge in [-0.3, -0.25) is 0 Å². The first kappa shape index (κ1) is 38.3. The molecule has 0 heterocycles. The van der Waals surface area contributed by atoms with Crippen LogP contribution in [0.3, 0.4) is 0 Å². The van der Waals surface area contributed by atoms with Gasteiger partial charge in [-0.2, -0.15) is 0 Å². The maximum absolute atomic E-state index is 8.33. The predicted molar refractivity (Wildman–Crippen MR) is 215 cm³/mol. The molecule has 0 spiro atoms. The van der Waals surface area contributed by atoms with Crippen LogP contribution in [0.4, 0.5) is 4.79 Å². The molecule has 0 atom stereocenters. The molecule has 0 aliphatic rings. The number of unbranched alkanes of at least 4 members (excludes halogenated alkanes) is 2. The Morgan fingerprint density at radius 3 is 0.680 bits per heavy atom. The highest BCUT2D eigenvalue weighted by Gasteiger charge is 2.45. The zero-order chi connectivity index (χ0) is 35.5. The third-order valence-electron chi connectivity index (χ3n) is 8.88. The van der Waals surface area contributed by atoms with E-state index in [1.54, 1.807) is 0 Å². The molecule has 0 fully saturated rings. The Labute approximate surface area is 300 Å². The number of carboxylic acid groups (broad SMARTS) is 2. The standard InChI is InChI=1S/2C22H24P.CH2O3/c2*1-2-3-19-23(20-13-7-4-8-14-20,21-15-9-5-10-16-21)22-17-11-6-12-18-22;2-1(3)4/h2*4-18H,2-3,19H2,1H3;(H2,2,3,4)/q2*+1;/p-2. The third kappa shape index (κ3) is 9.79. The fourth-order valence-electron chi connectivity index (χ4n) is 6.55. The minimum Gasteiger partial charge on any atom is -0.652 e. The summed E-state index contributed by atoms with van der Waals surface area (Å²) in [5.74, 6) is 0. The van der Waals surface area contributed by atoms with Crippen LogP contribution in [0.25, 0.3) is 0 Å². The first-order valence-corrected chi connectivity index (χ1v) is 21.4. The lowest BCUT2D eigenvalue weighted by atomic mass is 10.3. The van der Waals surface area contributed by atoms with E-state index in [-0.39, 0.29) is 0 Å². The zero-order valence-electron chi connectivity index (χ0n) is 29.2. The number of hydrogen-bond donors (Lipinski definition) is 0. The molecule has 0 unspecified atom stereocenters.